The van der Waals surface area contributed by atoms with Gasteiger partial charge >= 0.3 is 0 Å². The molecule has 0 N–H and O–H groups in total. The minimum atomic E-state index is -0.518. The summed E-state index contributed by atoms with van der Waals surface area (Å²) in [6.45, 7) is 6.88. The number of anilines is 2. The number of halogens is 1. The molecule has 2 aromatic rings. The maximum atomic E-state index is 15.1. The van der Waals surface area contributed by atoms with E-state index in [1.54, 1.807) is 0 Å². The van der Waals surface area contributed by atoms with Crippen LogP contribution in [-0.2, 0) is 4.74 Å². The van der Waals surface area contributed by atoms with Crippen LogP contribution in [0.3, 0.4) is 0 Å². The molecule has 166 valence electrons. The third-order valence-corrected chi connectivity index (χ3v) is 6.13. The normalized spacial score (nSPS) is 19.3. The number of likely N-dealkylation sites (N-methyl/N-ethyl adjacent to an activating group) is 1. The van der Waals surface area contributed by atoms with Crippen LogP contribution in [0.1, 0.15) is 13.3 Å². The lowest BCUT2D eigenvalue weighted by molar-refractivity contribution is -0.384. The predicted octanol–water partition coefficient (Wildman–Crippen LogP) is 2.56. The van der Waals surface area contributed by atoms with E-state index in [2.05, 4.69) is 21.8 Å². The van der Waals surface area contributed by atoms with Crippen LogP contribution in [0.5, 0.6) is 0 Å². The highest BCUT2D eigenvalue weighted by atomic mass is 19.1. The second kappa shape index (κ2) is 9.11. The lowest BCUT2D eigenvalue weighted by atomic mass is 10.1. The maximum absolute atomic E-state index is 15.1. The van der Waals surface area contributed by atoms with Crippen molar-refractivity contribution in [3.8, 4) is 11.1 Å². The summed E-state index contributed by atoms with van der Waals surface area (Å²) in [4.78, 5) is 26.1. The molecular formula is C21H27FN6O3. The lowest BCUT2D eigenvalue weighted by Gasteiger charge is -2.26. The van der Waals surface area contributed by atoms with Crippen LogP contribution in [0.25, 0.3) is 11.1 Å². The van der Waals surface area contributed by atoms with Crippen LogP contribution in [0, 0.1) is 15.9 Å². The highest BCUT2D eigenvalue weighted by Gasteiger charge is 2.31. The molecule has 1 aromatic heterocycles. The largest absolute Gasteiger partial charge is 0.378 e. The Morgan fingerprint density at radius 2 is 1.94 bits per heavy atom. The Morgan fingerprint density at radius 3 is 2.58 bits per heavy atom. The van der Waals surface area contributed by atoms with Gasteiger partial charge in [0.15, 0.2) is 0 Å². The third kappa shape index (κ3) is 4.45. The first-order chi connectivity index (χ1) is 15.0. The monoisotopic (exact) mass is 430 g/mol. The molecule has 1 atom stereocenters. The smallest absolute Gasteiger partial charge is 0.293 e. The van der Waals surface area contributed by atoms with E-state index in [1.807, 2.05) is 16.8 Å². The van der Waals surface area contributed by atoms with Crippen molar-refractivity contribution in [3.63, 3.8) is 0 Å². The van der Waals surface area contributed by atoms with Crippen LogP contribution in [0.15, 0.2) is 24.5 Å². The number of hydrogen-bond donors (Lipinski definition) is 0. The molecule has 0 aliphatic carbocycles. The van der Waals surface area contributed by atoms with E-state index in [0.29, 0.717) is 62.6 Å². The van der Waals surface area contributed by atoms with Gasteiger partial charge in [0.1, 0.15) is 11.5 Å². The Morgan fingerprint density at radius 1 is 1.23 bits per heavy atom. The fourth-order valence-electron chi connectivity index (χ4n) is 4.14. The van der Waals surface area contributed by atoms with Crippen molar-refractivity contribution in [2.24, 2.45) is 0 Å². The first kappa shape index (κ1) is 21.4. The molecule has 0 radical (unpaired) electrons. The number of benzene rings is 1. The second-order valence-corrected chi connectivity index (χ2v) is 7.91. The Kier molecular flexibility index (Phi) is 6.28. The average molecular weight is 430 g/mol. The van der Waals surface area contributed by atoms with Gasteiger partial charge in [-0.15, -0.1) is 0 Å². The summed E-state index contributed by atoms with van der Waals surface area (Å²) >= 11 is 0. The van der Waals surface area contributed by atoms with E-state index in [1.165, 1.54) is 24.5 Å². The molecule has 31 heavy (non-hydrogen) atoms. The van der Waals surface area contributed by atoms with Crippen molar-refractivity contribution in [1.29, 1.82) is 0 Å². The molecule has 4 rings (SSSR count). The Labute approximate surface area is 180 Å². The van der Waals surface area contributed by atoms with Crippen molar-refractivity contribution < 1.29 is 14.1 Å². The fourth-order valence-corrected chi connectivity index (χ4v) is 4.14. The quantitative estimate of drug-likeness (QED) is 0.510. The number of hydrogen-bond acceptors (Lipinski definition) is 8. The average Bonchev–Trinajstić information content (AvgIpc) is 3.29. The molecule has 0 bridgehead atoms. The van der Waals surface area contributed by atoms with E-state index in [0.717, 1.165) is 13.0 Å². The molecule has 2 saturated heterocycles. The summed E-state index contributed by atoms with van der Waals surface area (Å²) in [5, 5.41) is 11.8. The molecule has 2 fully saturated rings. The summed E-state index contributed by atoms with van der Waals surface area (Å²) in [7, 11) is 2.03. The van der Waals surface area contributed by atoms with Crippen molar-refractivity contribution >= 4 is 17.3 Å². The summed E-state index contributed by atoms with van der Waals surface area (Å²) in [5.41, 5.74) is 0.761. The van der Waals surface area contributed by atoms with Gasteiger partial charge < -0.3 is 19.4 Å². The van der Waals surface area contributed by atoms with Crippen LogP contribution in [0.4, 0.5) is 21.7 Å². The van der Waals surface area contributed by atoms with Gasteiger partial charge in [-0.2, -0.15) is 0 Å². The van der Waals surface area contributed by atoms with Gasteiger partial charge in [-0.05, 0) is 20.0 Å². The van der Waals surface area contributed by atoms with Crippen molar-refractivity contribution in [3.05, 3.63) is 40.5 Å². The lowest BCUT2D eigenvalue weighted by Crippen LogP contribution is -2.37. The van der Waals surface area contributed by atoms with Crippen LogP contribution in [-0.4, -0.2) is 78.8 Å². The summed E-state index contributed by atoms with van der Waals surface area (Å²) in [5.74, 6) is 0.0253. The zero-order chi connectivity index (χ0) is 22.0. The molecule has 9 nitrogen and oxygen atoms in total. The number of aromatic nitrogens is 2. The first-order valence-electron chi connectivity index (χ1n) is 10.6. The molecule has 2 aliphatic rings. The molecule has 0 spiro atoms. The van der Waals surface area contributed by atoms with E-state index in [-0.39, 0.29) is 11.3 Å². The molecule has 10 heteroatoms. The number of nitro benzene ring substituents is 1. The zero-order valence-electron chi connectivity index (χ0n) is 17.8. The van der Waals surface area contributed by atoms with Gasteiger partial charge in [-0.25, -0.2) is 14.4 Å². The molecule has 2 aliphatic heterocycles. The Hall–Kier alpha value is -2.85. The standard InChI is InChI=1S/C21H27FN6O3/c1-3-25(2)16-4-5-27(14-16)19-11-18(22)17(10-20(19)28(29)30)15-12-23-21(24-13-15)26-6-8-31-9-7-26/h10-13,16H,3-9,14H2,1-2H3. The minimum absolute atomic E-state index is 0.103. The van der Waals surface area contributed by atoms with Crippen LogP contribution in [0.2, 0.25) is 0 Å². The summed E-state index contributed by atoms with van der Waals surface area (Å²) in [6.07, 6.45) is 3.92. The highest BCUT2D eigenvalue weighted by Crippen LogP contribution is 2.37. The number of morpholine rings is 1. The van der Waals surface area contributed by atoms with Crippen molar-refractivity contribution in [1.82, 2.24) is 14.9 Å². The minimum Gasteiger partial charge on any atom is -0.378 e. The van der Waals surface area contributed by atoms with Gasteiger partial charge in [0, 0.05) is 67.9 Å². The van der Waals surface area contributed by atoms with Crippen molar-refractivity contribution in [2.75, 3.05) is 62.8 Å². The predicted molar refractivity (Wildman–Crippen MR) is 116 cm³/mol. The van der Waals surface area contributed by atoms with Gasteiger partial charge in [0.05, 0.1) is 18.1 Å². The Balaban J connectivity index is 1.61. The first-order valence-corrected chi connectivity index (χ1v) is 10.6. The zero-order valence-corrected chi connectivity index (χ0v) is 17.8. The van der Waals surface area contributed by atoms with E-state index in [9.17, 15) is 10.1 Å². The van der Waals surface area contributed by atoms with Crippen LogP contribution >= 0.6 is 0 Å². The van der Waals surface area contributed by atoms with Crippen LogP contribution < -0.4 is 9.80 Å². The van der Waals surface area contributed by atoms with Gasteiger partial charge in [0.25, 0.3) is 5.69 Å². The molecule has 3 heterocycles. The Bertz CT molecular complexity index is 935. The number of ether oxygens (including phenoxy) is 1. The highest BCUT2D eigenvalue weighted by molar-refractivity contribution is 5.74. The number of nitrogens with zero attached hydrogens (tertiary/aromatic N) is 6. The molecule has 1 aromatic carbocycles. The molecule has 1 unspecified atom stereocenters. The summed E-state index contributed by atoms with van der Waals surface area (Å²) in [6, 6.07) is 2.88. The third-order valence-electron chi connectivity index (χ3n) is 6.13. The van der Waals surface area contributed by atoms with E-state index >= 15 is 4.39 Å². The number of nitro groups is 1. The molecular weight excluding hydrogens is 403 g/mol. The van der Waals surface area contributed by atoms with Crippen molar-refractivity contribution in [2.45, 2.75) is 19.4 Å². The molecule has 0 amide bonds. The van der Waals surface area contributed by atoms with Gasteiger partial charge in [0.2, 0.25) is 5.95 Å². The maximum Gasteiger partial charge on any atom is 0.293 e. The van der Waals surface area contributed by atoms with Gasteiger partial charge in [-0.3, -0.25) is 10.1 Å². The second-order valence-electron chi connectivity index (χ2n) is 7.91. The van der Waals surface area contributed by atoms with E-state index < -0.39 is 10.7 Å². The SMILES string of the molecule is CCN(C)C1CCN(c2cc(F)c(-c3cnc(N4CCOCC4)nc3)cc2[N+](=O)[O-])C1. The van der Waals surface area contributed by atoms with E-state index in [4.69, 9.17) is 4.74 Å². The fraction of sp³-hybridized carbons (Fsp3) is 0.524. The number of rotatable bonds is 6. The van der Waals surface area contributed by atoms with Gasteiger partial charge in [-0.1, -0.05) is 6.92 Å². The topological polar surface area (TPSA) is 87.9 Å². The molecule has 0 saturated carbocycles. The summed E-state index contributed by atoms with van der Waals surface area (Å²) < 4.78 is 20.4.